The van der Waals surface area contributed by atoms with Gasteiger partial charge in [-0.25, -0.2) is 14.4 Å². The molecule has 2 fully saturated rings. The first-order valence-corrected chi connectivity index (χ1v) is 9.75. The Labute approximate surface area is 166 Å². The van der Waals surface area contributed by atoms with E-state index >= 15 is 0 Å². The number of imidazole rings is 1. The molecule has 150 valence electrons. The first-order chi connectivity index (χ1) is 14.2. The molecule has 2 aliphatic heterocycles. The molecule has 2 aromatic heterocycles. The van der Waals surface area contributed by atoms with Gasteiger partial charge < -0.3 is 19.7 Å². The van der Waals surface area contributed by atoms with Gasteiger partial charge in [0.2, 0.25) is 0 Å². The number of aromatic hydroxyl groups is 1. The normalized spacial score (nSPS) is 26.2. The van der Waals surface area contributed by atoms with Gasteiger partial charge in [0, 0.05) is 37.0 Å². The number of ether oxygens (including phenoxy) is 1. The zero-order valence-corrected chi connectivity index (χ0v) is 15.6. The van der Waals surface area contributed by atoms with E-state index in [-0.39, 0.29) is 29.5 Å². The summed E-state index contributed by atoms with van der Waals surface area (Å²) in [4.78, 5) is 8.24. The van der Waals surface area contributed by atoms with Crippen LogP contribution in [0.15, 0.2) is 43.1 Å². The number of hydrogen-bond acceptors (Lipinski definition) is 7. The molecule has 0 unspecified atom stereocenters. The summed E-state index contributed by atoms with van der Waals surface area (Å²) in [6, 6.07) is 5.28. The Morgan fingerprint density at radius 1 is 1.24 bits per heavy atom. The van der Waals surface area contributed by atoms with E-state index in [1.807, 2.05) is 6.07 Å². The largest absolute Gasteiger partial charge is 0.507 e. The Bertz CT molecular complexity index is 981. The van der Waals surface area contributed by atoms with E-state index in [1.54, 1.807) is 35.4 Å². The fourth-order valence-electron chi connectivity index (χ4n) is 4.15. The van der Waals surface area contributed by atoms with Crippen LogP contribution in [0.1, 0.15) is 25.7 Å². The highest BCUT2D eigenvalue weighted by Crippen LogP contribution is 2.31. The molecule has 0 amide bonds. The predicted molar refractivity (Wildman–Crippen MR) is 103 cm³/mol. The third-order valence-electron chi connectivity index (χ3n) is 5.61. The molecule has 2 bridgehead atoms. The lowest BCUT2D eigenvalue weighted by Gasteiger charge is -2.42. The highest BCUT2D eigenvalue weighted by atomic mass is 19.1. The minimum absolute atomic E-state index is 0.0293. The van der Waals surface area contributed by atoms with Gasteiger partial charge in [-0.05, 0) is 25.0 Å². The highest BCUT2D eigenvalue weighted by molar-refractivity contribution is 5.65. The average Bonchev–Trinajstić information content (AvgIpc) is 3.28. The Morgan fingerprint density at radius 3 is 2.93 bits per heavy atom. The van der Waals surface area contributed by atoms with Gasteiger partial charge in [-0.15, -0.1) is 10.2 Å². The minimum Gasteiger partial charge on any atom is -0.507 e. The molecule has 2 saturated heterocycles. The van der Waals surface area contributed by atoms with Gasteiger partial charge in [-0.2, -0.15) is 0 Å². The van der Waals surface area contributed by atoms with Crippen molar-refractivity contribution in [2.45, 2.75) is 50.0 Å². The predicted octanol–water partition coefficient (Wildman–Crippen LogP) is 2.43. The molecule has 0 radical (unpaired) electrons. The zero-order chi connectivity index (χ0) is 19.8. The van der Waals surface area contributed by atoms with Crippen LogP contribution in [-0.4, -0.2) is 54.2 Å². The number of phenolic OH excluding ortho intramolecular Hbond substituents is 1. The molecule has 0 spiro atoms. The number of halogens is 1. The molecule has 2 aliphatic rings. The maximum absolute atomic E-state index is 14.7. The smallest absolute Gasteiger partial charge is 0.252 e. The molecule has 2 N–H and O–H groups in total. The Kier molecular flexibility index (Phi) is 4.59. The van der Waals surface area contributed by atoms with Crippen LogP contribution >= 0.6 is 0 Å². The second-order valence-electron chi connectivity index (χ2n) is 7.53. The number of phenols is 1. The zero-order valence-electron chi connectivity index (χ0n) is 15.6. The molecular formula is C20H21FN6O2. The van der Waals surface area contributed by atoms with E-state index in [0.717, 1.165) is 24.9 Å². The highest BCUT2D eigenvalue weighted by Gasteiger charge is 2.41. The van der Waals surface area contributed by atoms with Crippen molar-refractivity contribution < 1.29 is 14.2 Å². The number of rotatable bonds is 4. The number of nitrogens with one attached hydrogen (secondary N) is 1. The molecule has 8 nitrogen and oxygen atoms in total. The molecule has 9 heteroatoms. The summed E-state index contributed by atoms with van der Waals surface area (Å²) in [7, 11) is 0. The van der Waals surface area contributed by atoms with E-state index in [2.05, 4.69) is 25.5 Å². The first kappa shape index (κ1) is 18.0. The standard InChI is InChI=1S/C20H21FN6O2/c21-19-15-3-1-2-12(24-15)8-17(19)29-18-10-23-20(26-25-18)14-5-4-13(9-16(14)28)27-7-6-22-11-27/h4-7,9-12,15,17,19,24,28H,1-3,8H2/t12-,15+,17-,19+/m1/s1. The van der Waals surface area contributed by atoms with Crippen molar-refractivity contribution in [1.29, 1.82) is 0 Å². The Balaban J connectivity index is 1.31. The van der Waals surface area contributed by atoms with Crippen LogP contribution in [0, 0.1) is 0 Å². The van der Waals surface area contributed by atoms with E-state index in [0.29, 0.717) is 12.0 Å². The summed E-state index contributed by atoms with van der Waals surface area (Å²) in [6.07, 6.45) is 8.42. The first-order valence-electron chi connectivity index (χ1n) is 9.75. The van der Waals surface area contributed by atoms with Gasteiger partial charge in [0.25, 0.3) is 5.88 Å². The lowest BCUT2D eigenvalue weighted by Crippen LogP contribution is -2.59. The van der Waals surface area contributed by atoms with Crippen LogP contribution < -0.4 is 10.1 Å². The van der Waals surface area contributed by atoms with E-state index in [9.17, 15) is 9.50 Å². The minimum atomic E-state index is -1.08. The molecule has 4 heterocycles. The quantitative estimate of drug-likeness (QED) is 0.699. The molecule has 3 aromatic rings. The van der Waals surface area contributed by atoms with Gasteiger partial charge in [0.1, 0.15) is 11.9 Å². The number of alkyl halides is 1. The van der Waals surface area contributed by atoms with Gasteiger partial charge in [-0.3, -0.25) is 0 Å². The number of piperidine rings is 2. The van der Waals surface area contributed by atoms with Crippen LogP contribution in [0.2, 0.25) is 0 Å². The van der Waals surface area contributed by atoms with Crippen molar-refractivity contribution in [2.24, 2.45) is 0 Å². The molecule has 0 saturated carbocycles. The van der Waals surface area contributed by atoms with Crippen molar-refractivity contribution in [2.75, 3.05) is 0 Å². The summed E-state index contributed by atoms with van der Waals surface area (Å²) < 4.78 is 22.2. The number of hydrogen-bond donors (Lipinski definition) is 2. The lowest BCUT2D eigenvalue weighted by atomic mass is 9.84. The van der Waals surface area contributed by atoms with Crippen molar-refractivity contribution in [3.63, 3.8) is 0 Å². The van der Waals surface area contributed by atoms with Crippen LogP contribution in [0.4, 0.5) is 4.39 Å². The number of benzene rings is 1. The summed E-state index contributed by atoms with van der Waals surface area (Å²) >= 11 is 0. The monoisotopic (exact) mass is 396 g/mol. The van der Waals surface area contributed by atoms with Crippen molar-refractivity contribution in [3.05, 3.63) is 43.1 Å². The summed E-state index contributed by atoms with van der Waals surface area (Å²) in [5.74, 6) is 0.489. The SMILES string of the molecule is Oc1cc(-n2ccnc2)ccc1-c1ncc(O[C@@H]2C[C@H]3CCC[C@H](N3)[C@@H]2F)nn1. The van der Waals surface area contributed by atoms with Crippen molar-refractivity contribution in [1.82, 2.24) is 30.0 Å². The van der Waals surface area contributed by atoms with Crippen molar-refractivity contribution >= 4 is 0 Å². The van der Waals surface area contributed by atoms with Crippen LogP contribution in [-0.2, 0) is 0 Å². The van der Waals surface area contributed by atoms with Crippen LogP contribution in [0.5, 0.6) is 11.6 Å². The average molecular weight is 396 g/mol. The number of aromatic nitrogens is 5. The van der Waals surface area contributed by atoms with Crippen LogP contribution in [0.3, 0.4) is 0 Å². The fourth-order valence-corrected chi connectivity index (χ4v) is 4.15. The molecule has 4 atom stereocenters. The van der Waals surface area contributed by atoms with E-state index in [1.165, 1.54) is 6.20 Å². The second-order valence-corrected chi connectivity index (χ2v) is 7.53. The van der Waals surface area contributed by atoms with Crippen LogP contribution in [0.25, 0.3) is 17.1 Å². The Morgan fingerprint density at radius 2 is 2.17 bits per heavy atom. The third kappa shape index (κ3) is 3.53. The number of nitrogens with zero attached hydrogens (tertiary/aromatic N) is 5. The lowest BCUT2D eigenvalue weighted by molar-refractivity contribution is 0.00628. The van der Waals surface area contributed by atoms with Gasteiger partial charge >= 0.3 is 0 Å². The van der Waals surface area contributed by atoms with Gasteiger partial charge in [-0.1, -0.05) is 6.42 Å². The molecule has 29 heavy (non-hydrogen) atoms. The molecule has 5 rings (SSSR count). The second kappa shape index (κ2) is 7.40. The van der Waals surface area contributed by atoms with E-state index in [4.69, 9.17) is 4.74 Å². The summed E-state index contributed by atoms with van der Waals surface area (Å²) in [5, 5.41) is 21.8. The molecule has 0 aliphatic carbocycles. The maximum Gasteiger partial charge on any atom is 0.252 e. The maximum atomic E-state index is 14.7. The van der Waals surface area contributed by atoms with E-state index < -0.39 is 12.3 Å². The fraction of sp³-hybridized carbons (Fsp3) is 0.400. The molecular weight excluding hydrogens is 375 g/mol. The van der Waals surface area contributed by atoms with Gasteiger partial charge in [0.05, 0.1) is 23.8 Å². The number of fused-ring (bicyclic) bond motifs is 2. The topological polar surface area (TPSA) is 98.0 Å². The van der Waals surface area contributed by atoms with Crippen molar-refractivity contribution in [3.8, 4) is 28.7 Å². The summed E-state index contributed by atoms with van der Waals surface area (Å²) in [6.45, 7) is 0. The van der Waals surface area contributed by atoms with Gasteiger partial charge in [0.15, 0.2) is 12.0 Å². The summed E-state index contributed by atoms with van der Waals surface area (Å²) in [5.41, 5.74) is 1.22. The Hall–Kier alpha value is -3.07. The third-order valence-corrected chi connectivity index (χ3v) is 5.61. The molecule has 1 aromatic carbocycles.